The van der Waals surface area contributed by atoms with Gasteiger partial charge in [-0.1, -0.05) is 48.5 Å². The van der Waals surface area contributed by atoms with Gasteiger partial charge in [-0.3, -0.25) is 4.90 Å². The summed E-state index contributed by atoms with van der Waals surface area (Å²) in [5.41, 5.74) is 4.88. The molecule has 1 aliphatic rings. The Morgan fingerprint density at radius 3 is 2.58 bits per heavy atom. The lowest BCUT2D eigenvalue weighted by Gasteiger charge is -2.33. The van der Waals surface area contributed by atoms with Crippen LogP contribution in [-0.2, 0) is 6.61 Å². The number of rotatable bonds is 5. The number of carbonyl (C=O) groups is 1. The smallest absolute Gasteiger partial charge is 0.324 e. The van der Waals surface area contributed by atoms with E-state index in [9.17, 15) is 4.79 Å². The quantitative estimate of drug-likeness (QED) is 0.757. The summed E-state index contributed by atoms with van der Waals surface area (Å²) in [5, 5.41) is 2.74. The Bertz CT molecular complexity index is 941. The van der Waals surface area contributed by atoms with Crippen molar-refractivity contribution in [3.8, 4) is 17.1 Å². The standard InChI is InChI=1S/C21H19N3O2/c1-15-7-5-11-19(24-14-22-21(24)25)17(15)13-26-20-12-6-10-18(23-20)16-8-3-2-4-9-16/h2-12H,13-14H2,1H3,(H,22,25). The van der Waals surface area contributed by atoms with Gasteiger partial charge in [0.15, 0.2) is 0 Å². The second-order valence-corrected chi connectivity index (χ2v) is 6.16. The number of nitrogens with zero attached hydrogens (tertiary/aromatic N) is 2. The van der Waals surface area contributed by atoms with Crippen LogP contribution in [0.5, 0.6) is 5.88 Å². The third-order valence-corrected chi connectivity index (χ3v) is 4.47. The highest BCUT2D eigenvalue weighted by atomic mass is 16.5. The minimum absolute atomic E-state index is 0.0824. The number of amides is 2. The molecule has 3 aromatic rings. The molecule has 2 amide bonds. The first-order valence-electron chi connectivity index (χ1n) is 8.51. The lowest BCUT2D eigenvalue weighted by atomic mass is 10.1. The summed E-state index contributed by atoms with van der Waals surface area (Å²) >= 11 is 0. The molecule has 1 saturated heterocycles. The molecular formula is C21H19N3O2. The highest BCUT2D eigenvalue weighted by molar-refractivity contribution is 5.98. The molecule has 5 heteroatoms. The number of urea groups is 1. The molecule has 5 nitrogen and oxygen atoms in total. The molecule has 2 heterocycles. The summed E-state index contributed by atoms with van der Waals surface area (Å²) in [7, 11) is 0. The predicted molar refractivity (Wildman–Crippen MR) is 101 cm³/mol. The van der Waals surface area contributed by atoms with Crippen molar-refractivity contribution in [3.63, 3.8) is 0 Å². The number of aryl methyl sites for hydroxylation is 1. The van der Waals surface area contributed by atoms with Crippen LogP contribution in [0.1, 0.15) is 11.1 Å². The van der Waals surface area contributed by atoms with Crippen molar-refractivity contribution in [2.24, 2.45) is 0 Å². The van der Waals surface area contributed by atoms with Crippen molar-refractivity contribution < 1.29 is 9.53 Å². The summed E-state index contributed by atoms with van der Waals surface area (Å²) in [6.45, 7) is 2.90. The summed E-state index contributed by atoms with van der Waals surface area (Å²) < 4.78 is 5.96. The number of anilines is 1. The Balaban J connectivity index is 1.56. The molecule has 0 aliphatic carbocycles. The molecule has 0 unspecified atom stereocenters. The van der Waals surface area contributed by atoms with Gasteiger partial charge < -0.3 is 10.1 Å². The summed E-state index contributed by atoms with van der Waals surface area (Å²) in [4.78, 5) is 18.0. The third kappa shape index (κ3) is 3.11. The van der Waals surface area contributed by atoms with Crippen LogP contribution in [-0.4, -0.2) is 17.7 Å². The minimum Gasteiger partial charge on any atom is -0.473 e. The van der Waals surface area contributed by atoms with Gasteiger partial charge in [0.1, 0.15) is 13.3 Å². The molecule has 1 aliphatic heterocycles. The van der Waals surface area contributed by atoms with E-state index in [1.54, 1.807) is 4.90 Å². The van der Waals surface area contributed by atoms with Gasteiger partial charge in [0.05, 0.1) is 11.4 Å². The van der Waals surface area contributed by atoms with Gasteiger partial charge in [0.2, 0.25) is 5.88 Å². The van der Waals surface area contributed by atoms with Crippen molar-refractivity contribution in [2.75, 3.05) is 11.6 Å². The van der Waals surface area contributed by atoms with Crippen LogP contribution in [0.25, 0.3) is 11.3 Å². The molecule has 1 fully saturated rings. The van der Waals surface area contributed by atoms with Crippen LogP contribution in [0.2, 0.25) is 0 Å². The molecule has 0 bridgehead atoms. The van der Waals surface area contributed by atoms with Crippen LogP contribution >= 0.6 is 0 Å². The fraction of sp³-hybridized carbons (Fsp3) is 0.143. The average molecular weight is 345 g/mol. The second-order valence-electron chi connectivity index (χ2n) is 6.16. The van der Waals surface area contributed by atoms with E-state index in [2.05, 4.69) is 10.3 Å². The fourth-order valence-corrected chi connectivity index (χ4v) is 2.96. The van der Waals surface area contributed by atoms with Crippen LogP contribution in [0.15, 0.2) is 66.7 Å². The highest BCUT2D eigenvalue weighted by Crippen LogP contribution is 2.27. The molecule has 0 atom stereocenters. The zero-order valence-electron chi connectivity index (χ0n) is 14.5. The number of aromatic nitrogens is 1. The van der Waals surface area contributed by atoms with E-state index >= 15 is 0 Å². The Kier molecular flexibility index (Phi) is 4.27. The molecule has 0 spiro atoms. The SMILES string of the molecule is Cc1cccc(N2CNC2=O)c1COc1cccc(-c2ccccc2)n1. The maximum absolute atomic E-state index is 11.7. The van der Waals surface area contributed by atoms with E-state index in [0.717, 1.165) is 28.1 Å². The van der Waals surface area contributed by atoms with E-state index in [1.165, 1.54) is 0 Å². The molecule has 1 N–H and O–H groups in total. The normalized spacial score (nSPS) is 13.1. The zero-order valence-corrected chi connectivity index (χ0v) is 14.5. The maximum atomic E-state index is 11.7. The number of hydrogen-bond acceptors (Lipinski definition) is 3. The van der Waals surface area contributed by atoms with Gasteiger partial charge >= 0.3 is 6.03 Å². The molecule has 0 saturated carbocycles. The molecule has 130 valence electrons. The number of nitrogens with one attached hydrogen (secondary N) is 1. The van der Waals surface area contributed by atoms with E-state index in [-0.39, 0.29) is 6.03 Å². The van der Waals surface area contributed by atoms with Crippen molar-refractivity contribution >= 4 is 11.7 Å². The summed E-state index contributed by atoms with van der Waals surface area (Å²) in [5.74, 6) is 0.564. The molecule has 1 aromatic heterocycles. The maximum Gasteiger partial charge on any atom is 0.324 e. The number of benzene rings is 2. The summed E-state index contributed by atoms with van der Waals surface area (Å²) in [6.07, 6.45) is 0. The average Bonchev–Trinajstić information content (AvgIpc) is 2.67. The highest BCUT2D eigenvalue weighted by Gasteiger charge is 2.27. The molecule has 26 heavy (non-hydrogen) atoms. The van der Waals surface area contributed by atoms with Gasteiger partial charge in [0, 0.05) is 17.2 Å². The lowest BCUT2D eigenvalue weighted by molar-refractivity contribution is 0.235. The fourth-order valence-electron chi connectivity index (χ4n) is 2.96. The molecule has 0 radical (unpaired) electrons. The molecule has 4 rings (SSSR count). The van der Waals surface area contributed by atoms with Crippen LogP contribution in [0.4, 0.5) is 10.5 Å². The second kappa shape index (κ2) is 6.88. The zero-order chi connectivity index (χ0) is 17.9. The van der Waals surface area contributed by atoms with Gasteiger partial charge in [-0.05, 0) is 24.6 Å². The van der Waals surface area contributed by atoms with Gasteiger partial charge in [-0.2, -0.15) is 0 Å². The first-order chi connectivity index (χ1) is 12.7. The van der Waals surface area contributed by atoms with E-state index in [0.29, 0.717) is 19.2 Å². The number of hydrogen-bond donors (Lipinski definition) is 1. The van der Waals surface area contributed by atoms with Gasteiger partial charge in [0.25, 0.3) is 0 Å². The Hall–Kier alpha value is -3.34. The Morgan fingerprint density at radius 2 is 1.85 bits per heavy atom. The number of pyridine rings is 1. The Morgan fingerprint density at radius 1 is 1.04 bits per heavy atom. The third-order valence-electron chi connectivity index (χ3n) is 4.47. The first kappa shape index (κ1) is 16.1. The van der Waals surface area contributed by atoms with Gasteiger partial charge in [-0.15, -0.1) is 0 Å². The van der Waals surface area contributed by atoms with E-state index in [1.807, 2.05) is 73.7 Å². The number of carbonyl (C=O) groups excluding carboxylic acids is 1. The first-order valence-corrected chi connectivity index (χ1v) is 8.51. The van der Waals surface area contributed by atoms with Crippen molar-refractivity contribution in [1.82, 2.24) is 10.3 Å². The summed E-state index contributed by atoms with van der Waals surface area (Å²) in [6, 6.07) is 21.6. The molecule has 2 aromatic carbocycles. The predicted octanol–water partition coefficient (Wildman–Crippen LogP) is 4.12. The van der Waals surface area contributed by atoms with E-state index in [4.69, 9.17) is 4.74 Å². The molecular weight excluding hydrogens is 326 g/mol. The number of ether oxygens (including phenoxy) is 1. The van der Waals surface area contributed by atoms with Gasteiger partial charge in [-0.25, -0.2) is 9.78 Å². The minimum atomic E-state index is -0.0824. The van der Waals surface area contributed by atoms with Crippen LogP contribution < -0.4 is 15.0 Å². The van der Waals surface area contributed by atoms with Crippen LogP contribution in [0, 0.1) is 6.92 Å². The van der Waals surface area contributed by atoms with Crippen molar-refractivity contribution in [3.05, 3.63) is 77.9 Å². The van der Waals surface area contributed by atoms with E-state index < -0.39 is 0 Å². The monoisotopic (exact) mass is 345 g/mol. The van der Waals surface area contributed by atoms with Crippen LogP contribution in [0.3, 0.4) is 0 Å². The largest absolute Gasteiger partial charge is 0.473 e. The lowest BCUT2D eigenvalue weighted by Crippen LogP contribution is -2.57. The Labute approximate surface area is 152 Å². The topological polar surface area (TPSA) is 54.5 Å². The van der Waals surface area contributed by atoms with Crippen molar-refractivity contribution in [1.29, 1.82) is 0 Å². The van der Waals surface area contributed by atoms with Crippen molar-refractivity contribution in [2.45, 2.75) is 13.5 Å².